The van der Waals surface area contributed by atoms with E-state index in [0.29, 0.717) is 11.3 Å². The van der Waals surface area contributed by atoms with Gasteiger partial charge in [0.2, 0.25) is 0 Å². The van der Waals surface area contributed by atoms with Gasteiger partial charge in [-0.25, -0.2) is 0 Å². The number of thiocarbonyl (C=S) groups is 1. The molecule has 1 fully saturated rings. The number of benzene rings is 1. The first-order valence-corrected chi connectivity index (χ1v) is 5.97. The Morgan fingerprint density at radius 1 is 1.29 bits per heavy atom. The third kappa shape index (κ3) is 1.66. The molecule has 1 aliphatic heterocycles. The average Bonchev–Trinajstić information content (AvgIpc) is 2.47. The number of rotatable bonds is 1. The molecule has 0 radical (unpaired) electrons. The Morgan fingerprint density at radius 3 is 2.43 bits per heavy atom. The van der Waals surface area contributed by atoms with Crippen molar-refractivity contribution in [2.75, 3.05) is 7.05 Å². The number of thioether (sulfide) groups is 1. The Kier molecular flexibility index (Phi) is 2.79. The van der Waals surface area contributed by atoms with Crippen LogP contribution in [0.3, 0.4) is 0 Å². The van der Waals surface area contributed by atoms with Crippen molar-refractivity contribution in [3.63, 3.8) is 0 Å². The van der Waals surface area contributed by atoms with Crippen molar-refractivity contribution in [3.8, 4) is 0 Å². The van der Waals surface area contributed by atoms with E-state index in [0.717, 1.165) is 4.32 Å². The van der Waals surface area contributed by atoms with E-state index in [-0.39, 0.29) is 0 Å². The summed E-state index contributed by atoms with van der Waals surface area (Å²) in [6.45, 7) is 2.23. The van der Waals surface area contributed by atoms with Crippen LogP contribution < -0.4 is 0 Å². The molecule has 3 heteroatoms. The second-order valence-corrected chi connectivity index (χ2v) is 5.34. The molecule has 2 atom stereocenters. The minimum atomic E-state index is 0.494. The molecule has 1 saturated heterocycles. The Labute approximate surface area is 94.5 Å². The first kappa shape index (κ1) is 9.99. The van der Waals surface area contributed by atoms with Gasteiger partial charge in [-0.1, -0.05) is 54.3 Å². The zero-order valence-corrected chi connectivity index (χ0v) is 9.94. The molecule has 0 bridgehead atoms. The van der Waals surface area contributed by atoms with E-state index < -0.39 is 0 Å². The van der Waals surface area contributed by atoms with Gasteiger partial charge >= 0.3 is 0 Å². The lowest BCUT2D eigenvalue weighted by Crippen LogP contribution is -2.27. The van der Waals surface area contributed by atoms with Gasteiger partial charge in [0.25, 0.3) is 0 Å². The van der Waals surface area contributed by atoms with Crippen LogP contribution in [0.2, 0.25) is 0 Å². The molecule has 0 aromatic heterocycles. The molecule has 1 aromatic carbocycles. The van der Waals surface area contributed by atoms with Crippen LogP contribution in [-0.2, 0) is 0 Å². The van der Waals surface area contributed by atoms with Crippen LogP contribution in [0, 0.1) is 0 Å². The minimum Gasteiger partial charge on any atom is -0.356 e. The standard InChI is InChI=1S/C11H13NS2/c1-8-10(14-11(13)12(8)2)9-6-4-3-5-7-9/h3-8,10H,1-2H3/t8-,10-/m0/s1. The van der Waals surface area contributed by atoms with E-state index in [1.807, 2.05) is 0 Å². The normalized spacial score (nSPS) is 27.0. The Balaban J connectivity index is 2.26. The van der Waals surface area contributed by atoms with E-state index in [1.165, 1.54) is 5.56 Å². The Hall–Kier alpha value is -0.540. The van der Waals surface area contributed by atoms with E-state index >= 15 is 0 Å². The summed E-state index contributed by atoms with van der Waals surface area (Å²) in [4.78, 5) is 2.18. The summed E-state index contributed by atoms with van der Waals surface area (Å²) < 4.78 is 1.01. The molecule has 0 saturated carbocycles. The molecule has 1 nitrogen and oxygen atoms in total. The second-order valence-electron chi connectivity index (χ2n) is 3.57. The van der Waals surface area contributed by atoms with E-state index in [4.69, 9.17) is 12.2 Å². The molecule has 74 valence electrons. The summed E-state index contributed by atoms with van der Waals surface area (Å²) in [6.07, 6.45) is 0. The molecule has 0 unspecified atom stereocenters. The fraction of sp³-hybridized carbons (Fsp3) is 0.364. The van der Waals surface area contributed by atoms with Crippen LogP contribution >= 0.6 is 24.0 Å². The first-order valence-electron chi connectivity index (χ1n) is 4.68. The first-order chi connectivity index (χ1) is 6.70. The van der Waals surface area contributed by atoms with E-state index in [1.54, 1.807) is 11.8 Å². The molecule has 0 aliphatic carbocycles. The highest BCUT2D eigenvalue weighted by Crippen LogP contribution is 2.42. The lowest BCUT2D eigenvalue weighted by atomic mass is 10.1. The molecule has 1 aromatic rings. The van der Waals surface area contributed by atoms with Crippen LogP contribution in [0.4, 0.5) is 0 Å². The van der Waals surface area contributed by atoms with Gasteiger partial charge in [-0.3, -0.25) is 0 Å². The number of nitrogens with zero attached hydrogens (tertiary/aromatic N) is 1. The van der Waals surface area contributed by atoms with E-state index in [2.05, 4.69) is 49.2 Å². The SMILES string of the molecule is C[C@H]1[C@@H](c2ccccc2)SC(=S)N1C. The highest BCUT2D eigenvalue weighted by atomic mass is 32.2. The molecular weight excluding hydrogens is 210 g/mol. The molecule has 0 spiro atoms. The van der Waals surface area contributed by atoms with Gasteiger partial charge in [0.05, 0.1) is 5.25 Å². The van der Waals surface area contributed by atoms with Crippen molar-refractivity contribution in [2.24, 2.45) is 0 Å². The summed E-state index contributed by atoms with van der Waals surface area (Å²) in [5.74, 6) is 0. The fourth-order valence-corrected chi connectivity index (χ4v) is 3.35. The summed E-state index contributed by atoms with van der Waals surface area (Å²) in [7, 11) is 2.07. The number of hydrogen-bond acceptors (Lipinski definition) is 2. The van der Waals surface area contributed by atoms with Gasteiger partial charge in [-0.2, -0.15) is 0 Å². The van der Waals surface area contributed by atoms with Crippen molar-refractivity contribution < 1.29 is 0 Å². The highest BCUT2D eigenvalue weighted by molar-refractivity contribution is 8.23. The highest BCUT2D eigenvalue weighted by Gasteiger charge is 2.33. The summed E-state index contributed by atoms with van der Waals surface area (Å²) in [5, 5.41) is 0.494. The lowest BCUT2D eigenvalue weighted by molar-refractivity contribution is 0.409. The minimum absolute atomic E-state index is 0.494. The molecule has 1 aliphatic rings. The number of likely N-dealkylation sites (N-methyl/N-ethyl adjacent to an activating group) is 1. The van der Waals surface area contributed by atoms with Crippen molar-refractivity contribution in [1.82, 2.24) is 4.90 Å². The van der Waals surface area contributed by atoms with Crippen molar-refractivity contribution in [2.45, 2.75) is 18.2 Å². The molecular formula is C11H13NS2. The maximum atomic E-state index is 5.28. The van der Waals surface area contributed by atoms with Gasteiger partial charge in [0.1, 0.15) is 4.32 Å². The van der Waals surface area contributed by atoms with Crippen molar-refractivity contribution in [1.29, 1.82) is 0 Å². The van der Waals surface area contributed by atoms with Crippen LogP contribution in [0.5, 0.6) is 0 Å². The zero-order valence-electron chi connectivity index (χ0n) is 8.31. The van der Waals surface area contributed by atoms with Crippen LogP contribution in [0.25, 0.3) is 0 Å². The zero-order chi connectivity index (χ0) is 10.1. The average molecular weight is 223 g/mol. The summed E-state index contributed by atoms with van der Waals surface area (Å²) in [6, 6.07) is 11.1. The van der Waals surface area contributed by atoms with E-state index in [9.17, 15) is 0 Å². The Morgan fingerprint density at radius 2 is 1.93 bits per heavy atom. The maximum Gasteiger partial charge on any atom is 0.137 e. The fourth-order valence-electron chi connectivity index (χ4n) is 1.65. The lowest BCUT2D eigenvalue weighted by Gasteiger charge is -2.20. The van der Waals surface area contributed by atoms with Crippen LogP contribution in [-0.4, -0.2) is 22.3 Å². The predicted molar refractivity (Wildman–Crippen MR) is 66.6 cm³/mol. The molecule has 14 heavy (non-hydrogen) atoms. The third-order valence-electron chi connectivity index (χ3n) is 2.69. The van der Waals surface area contributed by atoms with Crippen LogP contribution in [0.15, 0.2) is 30.3 Å². The summed E-state index contributed by atoms with van der Waals surface area (Å²) >= 11 is 7.08. The van der Waals surface area contributed by atoms with Gasteiger partial charge in [-0.15, -0.1) is 0 Å². The largest absolute Gasteiger partial charge is 0.356 e. The third-order valence-corrected chi connectivity index (χ3v) is 4.68. The molecule has 2 rings (SSSR count). The van der Waals surface area contributed by atoms with Gasteiger partial charge in [0.15, 0.2) is 0 Å². The molecule has 1 heterocycles. The quantitative estimate of drug-likeness (QED) is 0.674. The summed E-state index contributed by atoms with van der Waals surface area (Å²) in [5.41, 5.74) is 1.37. The molecule has 0 amide bonds. The maximum absolute atomic E-state index is 5.28. The Bertz CT molecular complexity index is 336. The van der Waals surface area contributed by atoms with Gasteiger partial charge in [-0.05, 0) is 12.5 Å². The van der Waals surface area contributed by atoms with Crippen molar-refractivity contribution >= 4 is 28.3 Å². The van der Waals surface area contributed by atoms with Gasteiger partial charge in [0, 0.05) is 13.1 Å². The smallest absolute Gasteiger partial charge is 0.137 e. The predicted octanol–water partition coefficient (Wildman–Crippen LogP) is 3.08. The monoisotopic (exact) mass is 223 g/mol. The van der Waals surface area contributed by atoms with Crippen LogP contribution in [0.1, 0.15) is 17.7 Å². The van der Waals surface area contributed by atoms with Crippen molar-refractivity contribution in [3.05, 3.63) is 35.9 Å². The topological polar surface area (TPSA) is 3.24 Å². The second kappa shape index (κ2) is 3.91. The number of hydrogen-bond donors (Lipinski definition) is 0. The van der Waals surface area contributed by atoms with Gasteiger partial charge < -0.3 is 4.90 Å². The molecule has 0 N–H and O–H groups in total.